The second-order valence-electron chi connectivity index (χ2n) is 6.94. The van der Waals surface area contributed by atoms with E-state index in [1.807, 2.05) is 36.4 Å². The lowest BCUT2D eigenvalue weighted by Gasteiger charge is -2.34. The van der Waals surface area contributed by atoms with Gasteiger partial charge in [0.05, 0.1) is 11.1 Å². The van der Waals surface area contributed by atoms with Crippen LogP contribution >= 0.6 is 0 Å². The van der Waals surface area contributed by atoms with Crippen molar-refractivity contribution in [2.24, 2.45) is 0 Å². The van der Waals surface area contributed by atoms with E-state index >= 15 is 0 Å². The van der Waals surface area contributed by atoms with Crippen molar-refractivity contribution in [2.45, 2.75) is 32.5 Å². The minimum atomic E-state index is -1.06. The number of rotatable bonds is 3. The number of hydrogen-bond donors (Lipinski definition) is 1. The summed E-state index contributed by atoms with van der Waals surface area (Å²) in [5, 5.41) is 15.1. The maximum absolute atomic E-state index is 13.0. The first-order chi connectivity index (χ1) is 13.5. The molecule has 1 amide bonds. The fraction of sp³-hybridized carbons (Fsp3) is 0.238. The number of carboxylic acid groups (broad SMARTS) is 1. The highest BCUT2D eigenvalue weighted by molar-refractivity contribution is 5.86. The molecule has 1 atom stereocenters. The van der Waals surface area contributed by atoms with Crippen LogP contribution in [0, 0.1) is 6.92 Å². The third-order valence-electron chi connectivity index (χ3n) is 5.19. The predicted molar refractivity (Wildman–Crippen MR) is 103 cm³/mol. The molecule has 0 saturated carbocycles. The molecule has 1 aromatic heterocycles. The van der Waals surface area contributed by atoms with Crippen molar-refractivity contribution < 1.29 is 14.7 Å². The monoisotopic (exact) mass is 377 g/mol. The molecule has 0 spiro atoms. The summed E-state index contributed by atoms with van der Waals surface area (Å²) in [5.41, 5.74) is 2.12. The number of aromatic nitrogens is 2. The molecule has 3 aromatic rings. The van der Waals surface area contributed by atoms with Crippen LogP contribution in [0.15, 0.2) is 53.3 Å². The number of aryl methyl sites for hydroxylation is 1. The molecular formula is C21H19N3O4. The van der Waals surface area contributed by atoms with Crippen LogP contribution in [0.25, 0.3) is 10.8 Å². The van der Waals surface area contributed by atoms with Gasteiger partial charge < -0.3 is 10.0 Å². The van der Waals surface area contributed by atoms with E-state index < -0.39 is 17.9 Å². The molecule has 2 aromatic carbocycles. The lowest BCUT2D eigenvalue weighted by atomic mass is 9.94. The highest BCUT2D eigenvalue weighted by Crippen LogP contribution is 2.24. The fourth-order valence-electron chi connectivity index (χ4n) is 3.74. The van der Waals surface area contributed by atoms with Crippen LogP contribution in [0.4, 0.5) is 0 Å². The van der Waals surface area contributed by atoms with Crippen molar-refractivity contribution >= 4 is 22.6 Å². The molecule has 2 heterocycles. The zero-order chi connectivity index (χ0) is 19.8. The molecular weight excluding hydrogens is 358 g/mol. The Balaban J connectivity index is 1.68. The number of hydrogen-bond acceptors (Lipinski definition) is 4. The molecule has 7 heteroatoms. The van der Waals surface area contributed by atoms with Crippen molar-refractivity contribution in [2.75, 3.05) is 0 Å². The quantitative estimate of drug-likeness (QED) is 0.751. The summed E-state index contributed by atoms with van der Waals surface area (Å²) in [4.78, 5) is 38.8. The Hall–Kier alpha value is -3.48. The maximum atomic E-state index is 13.0. The van der Waals surface area contributed by atoms with Crippen molar-refractivity contribution in [1.29, 1.82) is 0 Å². The molecule has 1 aliphatic heterocycles. The molecule has 142 valence electrons. The fourth-order valence-corrected chi connectivity index (χ4v) is 3.74. The van der Waals surface area contributed by atoms with E-state index in [2.05, 4.69) is 5.10 Å². The summed E-state index contributed by atoms with van der Waals surface area (Å²) < 4.78 is 1.12. The number of aliphatic carboxylic acids is 1. The minimum absolute atomic E-state index is 0.202. The third kappa shape index (κ3) is 3.05. The standard InChI is InChI=1S/C21H19N3O4/c1-13-16-8-4-5-9-17(16)20(26)24(22-13)12-19(25)23-11-15-7-3-2-6-14(15)10-18(23)21(27)28/h2-9,18H,10-12H2,1H3,(H,27,28). The summed E-state index contributed by atoms with van der Waals surface area (Å²) in [7, 11) is 0. The van der Waals surface area contributed by atoms with Crippen molar-refractivity contribution in [3.05, 3.63) is 75.7 Å². The highest BCUT2D eigenvalue weighted by atomic mass is 16.4. The molecule has 4 rings (SSSR count). The van der Waals surface area contributed by atoms with Gasteiger partial charge in [0.2, 0.25) is 5.91 Å². The summed E-state index contributed by atoms with van der Waals surface area (Å²) in [6.07, 6.45) is 0.246. The summed E-state index contributed by atoms with van der Waals surface area (Å²) in [6.45, 7) is 1.68. The Morgan fingerprint density at radius 1 is 1.07 bits per heavy atom. The van der Waals surface area contributed by atoms with Gasteiger partial charge in [0.15, 0.2) is 0 Å². The topological polar surface area (TPSA) is 92.5 Å². The Labute approximate surface area is 160 Å². The van der Waals surface area contributed by atoms with E-state index in [1.54, 1.807) is 19.1 Å². The van der Waals surface area contributed by atoms with E-state index in [9.17, 15) is 19.5 Å². The molecule has 0 fully saturated rings. The smallest absolute Gasteiger partial charge is 0.326 e. The van der Waals surface area contributed by atoms with Crippen molar-refractivity contribution in [1.82, 2.24) is 14.7 Å². The minimum Gasteiger partial charge on any atom is -0.480 e. The van der Waals surface area contributed by atoms with Gasteiger partial charge >= 0.3 is 5.97 Å². The van der Waals surface area contributed by atoms with E-state index in [0.29, 0.717) is 11.1 Å². The summed E-state index contributed by atoms with van der Waals surface area (Å²) in [6, 6.07) is 13.6. The largest absolute Gasteiger partial charge is 0.480 e. The number of carboxylic acids is 1. The summed E-state index contributed by atoms with van der Waals surface area (Å²) >= 11 is 0. The van der Waals surface area contributed by atoms with Gasteiger partial charge in [-0.1, -0.05) is 42.5 Å². The SMILES string of the molecule is Cc1nn(CC(=O)N2Cc3ccccc3CC2C(=O)O)c(=O)c2ccccc12. The van der Waals surface area contributed by atoms with Gasteiger partial charge in [-0.05, 0) is 24.1 Å². The molecule has 1 N–H and O–H groups in total. The van der Waals surface area contributed by atoms with Crippen LogP contribution in [-0.2, 0) is 29.1 Å². The lowest BCUT2D eigenvalue weighted by Crippen LogP contribution is -2.50. The highest BCUT2D eigenvalue weighted by Gasteiger charge is 2.34. The first-order valence-electron chi connectivity index (χ1n) is 9.01. The average Bonchev–Trinajstić information content (AvgIpc) is 2.70. The van der Waals surface area contributed by atoms with Crippen molar-refractivity contribution in [3.8, 4) is 0 Å². The van der Waals surface area contributed by atoms with Gasteiger partial charge in [-0.15, -0.1) is 0 Å². The zero-order valence-corrected chi connectivity index (χ0v) is 15.3. The van der Waals surface area contributed by atoms with Gasteiger partial charge in [-0.25, -0.2) is 9.48 Å². The average molecular weight is 377 g/mol. The number of fused-ring (bicyclic) bond motifs is 2. The molecule has 0 bridgehead atoms. The van der Waals surface area contributed by atoms with Crippen LogP contribution < -0.4 is 5.56 Å². The molecule has 0 radical (unpaired) electrons. The van der Waals surface area contributed by atoms with Crippen LogP contribution in [0.5, 0.6) is 0 Å². The number of benzene rings is 2. The lowest BCUT2D eigenvalue weighted by molar-refractivity contribution is -0.151. The van der Waals surface area contributed by atoms with Crippen LogP contribution in [-0.4, -0.2) is 37.7 Å². The predicted octanol–water partition coefficient (Wildman–Crippen LogP) is 1.74. The van der Waals surface area contributed by atoms with E-state index in [-0.39, 0.29) is 25.1 Å². The number of nitrogens with zero attached hydrogens (tertiary/aromatic N) is 3. The van der Waals surface area contributed by atoms with Crippen LogP contribution in [0.1, 0.15) is 16.8 Å². The molecule has 1 aliphatic rings. The molecule has 28 heavy (non-hydrogen) atoms. The summed E-state index contributed by atoms with van der Waals surface area (Å²) in [5.74, 6) is -1.50. The molecule has 0 aliphatic carbocycles. The second kappa shape index (κ2) is 6.92. The van der Waals surface area contributed by atoms with Gasteiger partial charge in [0.1, 0.15) is 12.6 Å². The van der Waals surface area contributed by atoms with Crippen LogP contribution in [0.2, 0.25) is 0 Å². The van der Waals surface area contributed by atoms with Gasteiger partial charge in [-0.3, -0.25) is 9.59 Å². The Kier molecular flexibility index (Phi) is 4.43. The Bertz CT molecular complexity index is 1150. The van der Waals surface area contributed by atoms with E-state index in [1.165, 1.54) is 4.90 Å². The molecule has 7 nitrogen and oxygen atoms in total. The van der Waals surface area contributed by atoms with Crippen LogP contribution in [0.3, 0.4) is 0 Å². The molecule has 0 saturated heterocycles. The Morgan fingerprint density at radius 2 is 1.71 bits per heavy atom. The van der Waals surface area contributed by atoms with E-state index in [0.717, 1.165) is 21.2 Å². The molecule has 1 unspecified atom stereocenters. The van der Waals surface area contributed by atoms with Gasteiger partial charge in [-0.2, -0.15) is 5.10 Å². The number of carbonyl (C=O) groups excluding carboxylic acids is 1. The Morgan fingerprint density at radius 3 is 2.43 bits per heavy atom. The number of carbonyl (C=O) groups is 2. The number of amides is 1. The normalized spacial score (nSPS) is 16.0. The first kappa shape index (κ1) is 17.9. The van der Waals surface area contributed by atoms with Crippen molar-refractivity contribution in [3.63, 3.8) is 0 Å². The van der Waals surface area contributed by atoms with Gasteiger partial charge in [0.25, 0.3) is 5.56 Å². The zero-order valence-electron chi connectivity index (χ0n) is 15.3. The van der Waals surface area contributed by atoms with Gasteiger partial charge in [0, 0.05) is 18.4 Å². The first-order valence-corrected chi connectivity index (χ1v) is 9.01. The second-order valence-corrected chi connectivity index (χ2v) is 6.94. The van der Waals surface area contributed by atoms with E-state index in [4.69, 9.17) is 0 Å². The maximum Gasteiger partial charge on any atom is 0.326 e. The third-order valence-corrected chi connectivity index (χ3v) is 5.19.